The van der Waals surface area contributed by atoms with Crippen molar-refractivity contribution in [2.75, 3.05) is 12.9 Å². The van der Waals surface area contributed by atoms with Gasteiger partial charge in [0, 0.05) is 40.3 Å². The van der Waals surface area contributed by atoms with Crippen LogP contribution in [0.15, 0.2) is 59.8 Å². The zero-order chi connectivity index (χ0) is 24.4. The molecule has 174 valence electrons. The maximum absolute atomic E-state index is 13.1. The molecule has 0 aliphatic carbocycles. The maximum atomic E-state index is 13.1. The summed E-state index contributed by atoms with van der Waals surface area (Å²) in [5.41, 5.74) is 4.67. The third-order valence-electron chi connectivity index (χ3n) is 5.55. The van der Waals surface area contributed by atoms with Crippen LogP contribution >= 0.6 is 23.4 Å². The Labute approximate surface area is 206 Å². The Morgan fingerprint density at radius 1 is 1.03 bits per heavy atom. The molecule has 2 heterocycles. The largest absolute Gasteiger partial charge is 0.465 e. The average Bonchev–Trinajstić information content (AvgIpc) is 3.36. The number of ether oxygens (including phenoxy) is 1. The van der Waals surface area contributed by atoms with Gasteiger partial charge in [-0.2, -0.15) is 0 Å². The van der Waals surface area contributed by atoms with Crippen molar-refractivity contribution in [3.8, 4) is 17.1 Å². The number of hydrogen-bond donors (Lipinski definition) is 0. The Balaban J connectivity index is 1.50. The van der Waals surface area contributed by atoms with E-state index in [4.69, 9.17) is 16.3 Å². The quantitative estimate of drug-likeness (QED) is 0.197. The number of esters is 1. The van der Waals surface area contributed by atoms with E-state index in [0.29, 0.717) is 27.1 Å². The van der Waals surface area contributed by atoms with Crippen molar-refractivity contribution in [2.45, 2.75) is 19.0 Å². The number of methoxy groups -OCH3 is 1. The van der Waals surface area contributed by atoms with Crippen molar-refractivity contribution in [1.82, 2.24) is 19.3 Å². The highest BCUT2D eigenvalue weighted by molar-refractivity contribution is 7.99. The van der Waals surface area contributed by atoms with Crippen LogP contribution in [0.2, 0.25) is 5.02 Å². The van der Waals surface area contributed by atoms with Crippen molar-refractivity contribution in [3.05, 3.63) is 82.1 Å². The van der Waals surface area contributed by atoms with E-state index in [9.17, 15) is 9.59 Å². The van der Waals surface area contributed by atoms with Gasteiger partial charge < -0.3 is 13.9 Å². The predicted molar refractivity (Wildman–Crippen MR) is 133 cm³/mol. The van der Waals surface area contributed by atoms with Gasteiger partial charge in [0.2, 0.25) is 0 Å². The Bertz CT molecular complexity index is 1360. The second-order valence-corrected chi connectivity index (χ2v) is 9.12. The number of rotatable bonds is 7. The van der Waals surface area contributed by atoms with Gasteiger partial charge in [-0.05, 0) is 68.4 Å². The molecule has 4 aromatic rings. The molecule has 7 nitrogen and oxygen atoms in total. The molecule has 0 N–H and O–H groups in total. The van der Waals surface area contributed by atoms with Gasteiger partial charge in [-0.15, -0.1) is 10.2 Å². The number of carbonyl (C=O) groups excluding carboxylic acids is 2. The van der Waals surface area contributed by atoms with Crippen molar-refractivity contribution in [2.24, 2.45) is 7.05 Å². The molecule has 0 aliphatic heterocycles. The first kappa shape index (κ1) is 23.8. The molecule has 0 fully saturated rings. The second kappa shape index (κ2) is 9.87. The molecule has 0 radical (unpaired) electrons. The van der Waals surface area contributed by atoms with E-state index < -0.39 is 0 Å². The number of carbonyl (C=O) groups is 2. The summed E-state index contributed by atoms with van der Waals surface area (Å²) in [6.45, 7) is 3.87. The van der Waals surface area contributed by atoms with E-state index >= 15 is 0 Å². The van der Waals surface area contributed by atoms with Crippen LogP contribution in [0.5, 0.6) is 0 Å². The van der Waals surface area contributed by atoms with Crippen molar-refractivity contribution in [1.29, 1.82) is 0 Å². The van der Waals surface area contributed by atoms with Gasteiger partial charge in [0.1, 0.15) is 0 Å². The molecule has 0 saturated carbocycles. The van der Waals surface area contributed by atoms with E-state index in [1.807, 2.05) is 60.4 Å². The highest BCUT2D eigenvalue weighted by atomic mass is 35.5. The van der Waals surface area contributed by atoms with Gasteiger partial charge in [0.05, 0.1) is 18.4 Å². The highest BCUT2D eigenvalue weighted by Crippen LogP contribution is 2.26. The molecule has 0 spiro atoms. The number of benzene rings is 2. The number of ketones is 1. The zero-order valence-corrected chi connectivity index (χ0v) is 20.8. The summed E-state index contributed by atoms with van der Waals surface area (Å²) < 4.78 is 8.63. The van der Waals surface area contributed by atoms with Gasteiger partial charge in [-0.3, -0.25) is 4.79 Å². The number of Topliss-reactive ketones (excluding diaryl/α,β-unsaturated/α-hetero) is 1. The number of hydrogen-bond acceptors (Lipinski definition) is 6. The minimum atomic E-state index is -0.386. The summed E-state index contributed by atoms with van der Waals surface area (Å²) >= 11 is 7.32. The lowest BCUT2D eigenvalue weighted by Gasteiger charge is -2.10. The van der Waals surface area contributed by atoms with E-state index in [1.54, 1.807) is 24.3 Å². The fraction of sp³-hybridized carbons (Fsp3) is 0.200. The van der Waals surface area contributed by atoms with Crippen LogP contribution in [0.1, 0.15) is 32.1 Å². The summed E-state index contributed by atoms with van der Waals surface area (Å²) in [7, 11) is 3.23. The van der Waals surface area contributed by atoms with Crippen LogP contribution < -0.4 is 0 Å². The molecule has 0 unspecified atom stereocenters. The number of halogens is 1. The van der Waals surface area contributed by atoms with Gasteiger partial charge in [0.25, 0.3) is 0 Å². The van der Waals surface area contributed by atoms with Crippen LogP contribution in [-0.2, 0) is 11.8 Å². The average molecular weight is 495 g/mol. The van der Waals surface area contributed by atoms with Gasteiger partial charge >= 0.3 is 5.97 Å². The summed E-state index contributed by atoms with van der Waals surface area (Å²) in [4.78, 5) is 24.8. The summed E-state index contributed by atoms with van der Waals surface area (Å²) in [6.07, 6.45) is 0. The molecule has 4 rings (SSSR count). The van der Waals surface area contributed by atoms with E-state index in [0.717, 1.165) is 22.6 Å². The zero-order valence-electron chi connectivity index (χ0n) is 19.2. The minimum absolute atomic E-state index is 0.00609. The topological polar surface area (TPSA) is 79.0 Å². The molecule has 0 saturated heterocycles. The third-order valence-corrected chi connectivity index (χ3v) is 6.82. The molecule has 9 heteroatoms. The van der Waals surface area contributed by atoms with E-state index in [-0.39, 0.29) is 17.5 Å². The normalized spacial score (nSPS) is 11.0. The molecule has 0 aliphatic rings. The van der Waals surface area contributed by atoms with Crippen molar-refractivity contribution < 1.29 is 14.3 Å². The first-order valence-electron chi connectivity index (χ1n) is 10.5. The van der Waals surface area contributed by atoms with Crippen molar-refractivity contribution >= 4 is 35.1 Å². The van der Waals surface area contributed by atoms with Crippen molar-refractivity contribution in [3.63, 3.8) is 0 Å². The van der Waals surface area contributed by atoms with Gasteiger partial charge in [-0.1, -0.05) is 23.4 Å². The molecule has 2 aromatic carbocycles. The van der Waals surface area contributed by atoms with Crippen LogP contribution in [0.3, 0.4) is 0 Å². The SMILES string of the molecule is COC(=O)c1ccc(-n2c(C)cc(C(=O)CSc3nnc(-c4ccc(Cl)cc4)n3C)c2C)cc1. The van der Waals surface area contributed by atoms with Gasteiger partial charge in [-0.25, -0.2) is 4.79 Å². The maximum Gasteiger partial charge on any atom is 0.337 e. The Kier molecular flexibility index (Phi) is 6.90. The molecule has 2 aromatic heterocycles. The first-order valence-corrected chi connectivity index (χ1v) is 11.9. The Morgan fingerprint density at radius 2 is 1.71 bits per heavy atom. The Morgan fingerprint density at radius 3 is 2.35 bits per heavy atom. The third kappa shape index (κ3) is 4.64. The monoisotopic (exact) mass is 494 g/mol. The first-order chi connectivity index (χ1) is 16.3. The second-order valence-electron chi connectivity index (χ2n) is 7.74. The Hall–Kier alpha value is -3.36. The molecule has 0 atom stereocenters. The molecule has 0 bridgehead atoms. The molecular formula is C25H23ClN4O3S. The number of thioether (sulfide) groups is 1. The lowest BCUT2D eigenvalue weighted by Crippen LogP contribution is -2.07. The van der Waals surface area contributed by atoms with Crippen LogP contribution in [0, 0.1) is 13.8 Å². The predicted octanol–water partition coefficient (Wildman–Crippen LogP) is 5.30. The smallest absolute Gasteiger partial charge is 0.337 e. The summed E-state index contributed by atoms with van der Waals surface area (Å²) in [6, 6.07) is 16.4. The highest BCUT2D eigenvalue weighted by Gasteiger charge is 2.19. The molecule has 34 heavy (non-hydrogen) atoms. The fourth-order valence-electron chi connectivity index (χ4n) is 3.81. The molecular weight excluding hydrogens is 472 g/mol. The summed E-state index contributed by atoms with van der Waals surface area (Å²) in [5, 5.41) is 9.83. The standard InChI is InChI=1S/C25H23ClN4O3S/c1-15-13-21(16(2)30(15)20-11-7-18(8-12-20)24(32)33-4)22(31)14-34-25-28-27-23(29(25)3)17-5-9-19(26)10-6-17/h5-13H,14H2,1-4H3. The fourth-order valence-corrected chi connectivity index (χ4v) is 4.73. The number of nitrogens with zero attached hydrogens (tertiary/aromatic N) is 4. The number of aromatic nitrogens is 4. The van der Waals surface area contributed by atoms with E-state index in [2.05, 4.69) is 10.2 Å². The van der Waals surface area contributed by atoms with Crippen LogP contribution in [-0.4, -0.2) is 43.9 Å². The minimum Gasteiger partial charge on any atom is -0.465 e. The van der Waals surface area contributed by atoms with Gasteiger partial charge in [0.15, 0.2) is 16.8 Å². The van der Waals surface area contributed by atoms with Crippen LogP contribution in [0.4, 0.5) is 0 Å². The summed E-state index contributed by atoms with van der Waals surface area (Å²) in [5.74, 6) is 0.563. The van der Waals surface area contributed by atoms with E-state index in [1.165, 1.54) is 18.9 Å². The lowest BCUT2D eigenvalue weighted by atomic mass is 10.2. The van der Waals surface area contributed by atoms with Crippen LogP contribution in [0.25, 0.3) is 17.1 Å². The number of aryl methyl sites for hydroxylation is 1. The lowest BCUT2D eigenvalue weighted by molar-refractivity contribution is 0.0600. The molecule has 0 amide bonds.